The smallest absolute Gasteiger partial charge is 0.223 e. The highest BCUT2D eigenvalue weighted by Crippen LogP contribution is 2.14. The Morgan fingerprint density at radius 2 is 2.10 bits per heavy atom. The SMILES string of the molecule is CC(C)OCCCNC(=O)C1CCCN(Cc2ccncc2)CCC(=O)NCC1. The Morgan fingerprint density at radius 1 is 1.31 bits per heavy atom. The number of pyridine rings is 1. The molecule has 0 aliphatic carbocycles. The topological polar surface area (TPSA) is 83.6 Å². The van der Waals surface area contributed by atoms with E-state index < -0.39 is 0 Å². The maximum absolute atomic E-state index is 12.6. The number of hydrogen-bond acceptors (Lipinski definition) is 5. The maximum Gasteiger partial charge on any atom is 0.223 e. The van der Waals surface area contributed by atoms with Crippen molar-refractivity contribution < 1.29 is 14.3 Å². The first-order valence-electron chi connectivity index (χ1n) is 10.8. The number of nitrogens with one attached hydrogen (secondary N) is 2. The van der Waals surface area contributed by atoms with Crippen molar-refractivity contribution in [2.45, 2.75) is 58.6 Å². The molecule has 2 rings (SSSR count). The Bertz CT molecular complexity index is 609. The minimum absolute atomic E-state index is 0.0524. The molecular formula is C22H36N4O3. The highest BCUT2D eigenvalue weighted by Gasteiger charge is 2.20. The van der Waals surface area contributed by atoms with E-state index in [9.17, 15) is 9.59 Å². The van der Waals surface area contributed by atoms with Gasteiger partial charge < -0.3 is 15.4 Å². The van der Waals surface area contributed by atoms with E-state index in [1.165, 1.54) is 5.56 Å². The Labute approximate surface area is 174 Å². The molecule has 0 bridgehead atoms. The first kappa shape index (κ1) is 23.3. The third-order valence-electron chi connectivity index (χ3n) is 5.09. The van der Waals surface area contributed by atoms with Gasteiger partial charge in [-0.1, -0.05) is 0 Å². The third kappa shape index (κ3) is 9.85. The van der Waals surface area contributed by atoms with Gasteiger partial charge in [-0.15, -0.1) is 0 Å². The van der Waals surface area contributed by atoms with E-state index in [0.29, 0.717) is 32.5 Å². The van der Waals surface area contributed by atoms with Crippen molar-refractivity contribution in [1.29, 1.82) is 0 Å². The van der Waals surface area contributed by atoms with Crippen LogP contribution in [0.1, 0.15) is 51.5 Å². The first-order valence-corrected chi connectivity index (χ1v) is 10.8. The summed E-state index contributed by atoms with van der Waals surface area (Å²) < 4.78 is 5.51. The zero-order valence-electron chi connectivity index (χ0n) is 17.9. The Kier molecular flexibility index (Phi) is 10.7. The predicted octanol–water partition coefficient (Wildman–Crippen LogP) is 2.12. The van der Waals surface area contributed by atoms with Gasteiger partial charge in [-0.05, 0) is 63.8 Å². The molecule has 2 heterocycles. The summed E-state index contributed by atoms with van der Waals surface area (Å²) in [5, 5.41) is 6.00. The number of aromatic nitrogens is 1. The summed E-state index contributed by atoms with van der Waals surface area (Å²) in [7, 11) is 0. The Balaban J connectivity index is 1.83. The largest absolute Gasteiger partial charge is 0.379 e. The van der Waals surface area contributed by atoms with E-state index in [1.54, 1.807) is 12.4 Å². The summed E-state index contributed by atoms with van der Waals surface area (Å²) in [6.45, 7) is 8.24. The van der Waals surface area contributed by atoms with Crippen LogP contribution in [0.5, 0.6) is 0 Å². The number of carbonyl (C=O) groups is 2. The molecule has 1 aliphatic heterocycles. The minimum atomic E-state index is -0.0674. The molecule has 2 amide bonds. The van der Waals surface area contributed by atoms with Crippen LogP contribution in [0.4, 0.5) is 0 Å². The zero-order chi connectivity index (χ0) is 20.9. The number of nitrogens with zero attached hydrogens (tertiary/aromatic N) is 2. The summed E-state index contributed by atoms with van der Waals surface area (Å²) in [6.07, 6.45) is 7.55. The number of rotatable bonds is 8. The van der Waals surface area contributed by atoms with Crippen molar-refractivity contribution in [3.63, 3.8) is 0 Å². The quantitative estimate of drug-likeness (QED) is 0.649. The van der Waals surface area contributed by atoms with Crippen LogP contribution in [0.25, 0.3) is 0 Å². The molecule has 0 aromatic carbocycles. The van der Waals surface area contributed by atoms with E-state index in [2.05, 4.69) is 20.5 Å². The predicted molar refractivity (Wildman–Crippen MR) is 113 cm³/mol. The molecule has 1 aliphatic rings. The molecule has 1 saturated heterocycles. The fourth-order valence-corrected chi connectivity index (χ4v) is 3.47. The van der Waals surface area contributed by atoms with Gasteiger partial charge in [0.2, 0.25) is 11.8 Å². The molecule has 1 unspecified atom stereocenters. The fourth-order valence-electron chi connectivity index (χ4n) is 3.47. The molecule has 0 spiro atoms. The molecule has 2 N–H and O–H groups in total. The average Bonchev–Trinajstić information content (AvgIpc) is 2.74. The Hall–Kier alpha value is -1.99. The maximum atomic E-state index is 12.6. The van der Waals surface area contributed by atoms with Crippen molar-refractivity contribution in [2.24, 2.45) is 5.92 Å². The van der Waals surface area contributed by atoms with Crippen LogP contribution in [-0.4, -0.2) is 60.6 Å². The van der Waals surface area contributed by atoms with Crippen LogP contribution < -0.4 is 10.6 Å². The molecule has 29 heavy (non-hydrogen) atoms. The summed E-state index contributed by atoms with van der Waals surface area (Å²) >= 11 is 0. The van der Waals surface area contributed by atoms with Crippen LogP contribution in [-0.2, 0) is 20.9 Å². The second kappa shape index (κ2) is 13.3. The van der Waals surface area contributed by atoms with Gasteiger partial charge in [-0.25, -0.2) is 0 Å². The van der Waals surface area contributed by atoms with E-state index in [4.69, 9.17) is 4.74 Å². The minimum Gasteiger partial charge on any atom is -0.379 e. The van der Waals surface area contributed by atoms with Gasteiger partial charge >= 0.3 is 0 Å². The molecule has 1 aromatic rings. The lowest BCUT2D eigenvalue weighted by Gasteiger charge is -2.22. The van der Waals surface area contributed by atoms with Gasteiger partial charge in [0.1, 0.15) is 0 Å². The van der Waals surface area contributed by atoms with E-state index in [1.807, 2.05) is 26.0 Å². The molecule has 7 heteroatoms. The second-order valence-electron chi connectivity index (χ2n) is 7.92. The van der Waals surface area contributed by atoms with Gasteiger partial charge in [0.25, 0.3) is 0 Å². The van der Waals surface area contributed by atoms with Crippen molar-refractivity contribution in [3.8, 4) is 0 Å². The van der Waals surface area contributed by atoms with Crippen molar-refractivity contribution in [1.82, 2.24) is 20.5 Å². The number of ether oxygens (including phenoxy) is 1. The lowest BCUT2D eigenvalue weighted by atomic mass is 9.98. The molecule has 162 valence electrons. The lowest BCUT2D eigenvalue weighted by molar-refractivity contribution is -0.126. The zero-order valence-corrected chi connectivity index (χ0v) is 17.9. The molecule has 0 saturated carbocycles. The second-order valence-corrected chi connectivity index (χ2v) is 7.92. The number of amides is 2. The highest BCUT2D eigenvalue weighted by molar-refractivity contribution is 5.79. The van der Waals surface area contributed by atoms with Crippen LogP contribution in [0.3, 0.4) is 0 Å². The van der Waals surface area contributed by atoms with Gasteiger partial charge in [0.15, 0.2) is 0 Å². The molecule has 7 nitrogen and oxygen atoms in total. The van der Waals surface area contributed by atoms with Gasteiger partial charge in [0, 0.05) is 57.5 Å². The summed E-state index contributed by atoms with van der Waals surface area (Å²) in [5.74, 6) is 0.0718. The third-order valence-corrected chi connectivity index (χ3v) is 5.09. The van der Waals surface area contributed by atoms with Gasteiger partial charge in [-0.2, -0.15) is 0 Å². The van der Waals surface area contributed by atoms with Crippen LogP contribution in [0, 0.1) is 5.92 Å². The number of hydrogen-bond donors (Lipinski definition) is 2. The monoisotopic (exact) mass is 404 g/mol. The number of carbonyl (C=O) groups excluding carboxylic acids is 2. The van der Waals surface area contributed by atoms with Crippen LogP contribution in [0.15, 0.2) is 24.5 Å². The van der Waals surface area contributed by atoms with Crippen molar-refractivity contribution in [2.75, 3.05) is 32.8 Å². The lowest BCUT2D eigenvalue weighted by Crippen LogP contribution is -2.34. The van der Waals surface area contributed by atoms with E-state index in [-0.39, 0.29) is 23.8 Å². The van der Waals surface area contributed by atoms with Crippen molar-refractivity contribution >= 4 is 11.8 Å². The van der Waals surface area contributed by atoms with Crippen LogP contribution >= 0.6 is 0 Å². The summed E-state index contributed by atoms with van der Waals surface area (Å²) in [6, 6.07) is 4.01. The van der Waals surface area contributed by atoms with Gasteiger partial charge in [-0.3, -0.25) is 19.5 Å². The Morgan fingerprint density at radius 3 is 2.86 bits per heavy atom. The summed E-state index contributed by atoms with van der Waals surface area (Å²) in [5.41, 5.74) is 1.19. The molecule has 0 radical (unpaired) electrons. The molecule has 1 aromatic heterocycles. The van der Waals surface area contributed by atoms with Crippen molar-refractivity contribution in [3.05, 3.63) is 30.1 Å². The van der Waals surface area contributed by atoms with Gasteiger partial charge in [0.05, 0.1) is 6.10 Å². The van der Waals surface area contributed by atoms with E-state index >= 15 is 0 Å². The normalized spacial score (nSPS) is 19.4. The molecule has 1 fully saturated rings. The molecule has 1 atom stereocenters. The summed E-state index contributed by atoms with van der Waals surface area (Å²) in [4.78, 5) is 31.1. The van der Waals surface area contributed by atoms with E-state index in [0.717, 1.165) is 38.9 Å². The molecular weight excluding hydrogens is 368 g/mol. The first-order chi connectivity index (χ1) is 14.0. The van der Waals surface area contributed by atoms with Crippen LogP contribution in [0.2, 0.25) is 0 Å². The standard InChI is InChI=1S/C22H36N4O3/c1-18(2)29-16-4-10-25-22(28)20-5-3-14-26(15-9-21(27)24-13-8-20)17-19-6-11-23-12-7-19/h6-7,11-12,18,20H,3-5,8-10,13-17H2,1-2H3,(H,24,27)(H,25,28). The average molecular weight is 405 g/mol. The fraction of sp³-hybridized carbons (Fsp3) is 0.682. The highest BCUT2D eigenvalue weighted by atomic mass is 16.5.